The zero-order valence-corrected chi connectivity index (χ0v) is 16.0. The maximum atomic E-state index is 11.8. The molecule has 0 aliphatic carbocycles. The Balaban J connectivity index is 4.80. The van der Waals surface area contributed by atoms with Gasteiger partial charge in [0, 0.05) is 0 Å². The maximum absolute atomic E-state index is 11.8. The van der Waals surface area contributed by atoms with Crippen molar-refractivity contribution in [3.63, 3.8) is 0 Å². The Labute approximate surface area is 144 Å². The number of alkyl halides is 1. The van der Waals surface area contributed by atoms with Crippen LogP contribution in [-0.2, 0) is 23.8 Å². The minimum atomic E-state index is -1.15. The van der Waals surface area contributed by atoms with E-state index in [1.165, 1.54) is 0 Å². The molecule has 0 heterocycles. The van der Waals surface area contributed by atoms with Crippen molar-refractivity contribution >= 4 is 40.6 Å². The molecule has 1 amide bonds. The van der Waals surface area contributed by atoms with Gasteiger partial charge in [-0.05, 0) is 64.1 Å². The summed E-state index contributed by atoms with van der Waals surface area (Å²) in [5, 5.41) is 2.33. The summed E-state index contributed by atoms with van der Waals surface area (Å²) < 4.78 is 15.1. The van der Waals surface area contributed by atoms with E-state index >= 15 is 0 Å². The Morgan fingerprint density at radius 2 is 1.50 bits per heavy atom. The molecule has 1 N–H and O–H groups in total. The van der Waals surface area contributed by atoms with Gasteiger partial charge in [-0.25, -0.2) is 9.59 Å². The number of amides is 1. The first-order valence-electron chi connectivity index (χ1n) is 6.78. The SMILES string of the molecule is CC(C)(C)OC(=O)C[C@H](NC(=O)OC(C)(C)C)C(=O)OCI. The number of rotatable bonds is 5. The highest BCUT2D eigenvalue weighted by atomic mass is 127. The van der Waals surface area contributed by atoms with Crippen molar-refractivity contribution in [1.82, 2.24) is 5.32 Å². The fourth-order valence-corrected chi connectivity index (χ4v) is 1.65. The van der Waals surface area contributed by atoms with Gasteiger partial charge in [-0.1, -0.05) is 0 Å². The summed E-state index contributed by atoms with van der Waals surface area (Å²) in [5.74, 6) is -1.33. The zero-order valence-electron chi connectivity index (χ0n) is 13.8. The molecule has 7 nitrogen and oxygen atoms in total. The van der Waals surface area contributed by atoms with E-state index in [1.54, 1.807) is 41.5 Å². The van der Waals surface area contributed by atoms with Crippen LogP contribution in [0.3, 0.4) is 0 Å². The standard InChI is InChI=1S/C14H24INO6/c1-13(2,3)21-10(17)7-9(11(18)20-8-15)16-12(19)22-14(4,5)6/h9H,7-8H2,1-6H3,(H,16,19)/t9-/m0/s1. The van der Waals surface area contributed by atoms with E-state index < -0.39 is 35.3 Å². The van der Waals surface area contributed by atoms with Crippen LogP contribution in [0.25, 0.3) is 0 Å². The van der Waals surface area contributed by atoms with Crippen LogP contribution < -0.4 is 5.32 Å². The first-order valence-corrected chi connectivity index (χ1v) is 8.30. The van der Waals surface area contributed by atoms with Gasteiger partial charge in [0.05, 0.1) is 6.42 Å². The third-order valence-electron chi connectivity index (χ3n) is 1.96. The number of halogens is 1. The topological polar surface area (TPSA) is 90.9 Å². The Hall–Kier alpha value is -1.06. The Morgan fingerprint density at radius 1 is 1.00 bits per heavy atom. The molecule has 0 spiro atoms. The first kappa shape index (κ1) is 20.9. The van der Waals surface area contributed by atoms with Gasteiger partial charge in [-0.2, -0.15) is 0 Å². The molecule has 0 fully saturated rings. The zero-order chi connectivity index (χ0) is 17.6. The first-order chi connectivity index (χ1) is 9.84. The lowest BCUT2D eigenvalue weighted by molar-refractivity contribution is -0.159. The van der Waals surface area contributed by atoms with Gasteiger partial charge >= 0.3 is 18.0 Å². The molecule has 0 bridgehead atoms. The lowest BCUT2D eigenvalue weighted by Crippen LogP contribution is -2.46. The minimum absolute atomic E-state index is 0.109. The fraction of sp³-hybridized carbons (Fsp3) is 0.786. The molecule has 0 aromatic carbocycles. The van der Waals surface area contributed by atoms with E-state index in [-0.39, 0.29) is 11.0 Å². The van der Waals surface area contributed by atoms with Crippen molar-refractivity contribution < 1.29 is 28.6 Å². The van der Waals surface area contributed by atoms with Crippen molar-refractivity contribution in [1.29, 1.82) is 0 Å². The van der Waals surface area contributed by atoms with Crippen LogP contribution in [0.5, 0.6) is 0 Å². The predicted octanol–water partition coefficient (Wildman–Crippen LogP) is 2.55. The molecular weight excluding hydrogens is 405 g/mol. The van der Waals surface area contributed by atoms with Crippen LogP contribution in [0.1, 0.15) is 48.0 Å². The molecule has 0 aromatic rings. The minimum Gasteiger partial charge on any atom is -0.460 e. The van der Waals surface area contributed by atoms with E-state index in [0.717, 1.165) is 0 Å². The number of alkyl carbamates (subject to hydrolysis) is 1. The van der Waals surface area contributed by atoms with Gasteiger partial charge in [0.1, 0.15) is 21.9 Å². The summed E-state index contributed by atoms with van der Waals surface area (Å²) in [4.78, 5) is 35.4. The van der Waals surface area contributed by atoms with E-state index in [2.05, 4.69) is 5.32 Å². The largest absolute Gasteiger partial charge is 0.460 e. The summed E-state index contributed by atoms with van der Waals surface area (Å²) in [5.41, 5.74) is -1.39. The second kappa shape index (κ2) is 8.54. The van der Waals surface area contributed by atoms with Crippen LogP contribution in [0, 0.1) is 0 Å². The van der Waals surface area contributed by atoms with Crippen molar-refractivity contribution in [2.45, 2.75) is 65.2 Å². The van der Waals surface area contributed by atoms with Crippen molar-refractivity contribution in [2.75, 3.05) is 4.61 Å². The lowest BCUT2D eigenvalue weighted by Gasteiger charge is -2.24. The maximum Gasteiger partial charge on any atom is 0.408 e. The van der Waals surface area contributed by atoms with Gasteiger partial charge < -0.3 is 19.5 Å². The summed E-state index contributed by atoms with van der Waals surface area (Å²) >= 11 is 1.84. The van der Waals surface area contributed by atoms with E-state index in [4.69, 9.17) is 14.2 Å². The monoisotopic (exact) mass is 429 g/mol. The number of carbonyl (C=O) groups excluding carboxylic acids is 3. The number of ether oxygens (including phenoxy) is 3. The molecule has 0 rings (SSSR count). The van der Waals surface area contributed by atoms with Gasteiger partial charge in [0.25, 0.3) is 0 Å². The van der Waals surface area contributed by atoms with Gasteiger partial charge in [-0.15, -0.1) is 0 Å². The summed E-state index contributed by atoms with van der Waals surface area (Å²) in [7, 11) is 0. The quantitative estimate of drug-likeness (QED) is 0.313. The molecule has 0 aliphatic heterocycles. The Bertz CT molecular complexity index is 381. The highest BCUT2D eigenvalue weighted by molar-refractivity contribution is 14.1. The highest BCUT2D eigenvalue weighted by Gasteiger charge is 2.29. The number of esters is 2. The molecule has 128 valence electrons. The van der Waals surface area contributed by atoms with Crippen LogP contribution in [0.15, 0.2) is 0 Å². The molecular formula is C14H24INO6. The number of nitrogens with one attached hydrogen (secondary N) is 1. The number of hydrogen-bond donors (Lipinski definition) is 1. The predicted molar refractivity (Wildman–Crippen MR) is 88.6 cm³/mol. The normalized spacial score (nSPS) is 13.0. The molecule has 0 saturated heterocycles. The van der Waals surface area contributed by atoms with Crippen LogP contribution in [0.4, 0.5) is 4.79 Å². The van der Waals surface area contributed by atoms with Gasteiger partial charge in [0.15, 0.2) is 0 Å². The molecule has 0 saturated carbocycles. The molecule has 22 heavy (non-hydrogen) atoms. The second-order valence-electron chi connectivity index (χ2n) is 6.56. The molecule has 0 aromatic heterocycles. The third kappa shape index (κ3) is 10.6. The van der Waals surface area contributed by atoms with Crippen LogP contribution in [0.2, 0.25) is 0 Å². The average molecular weight is 429 g/mol. The van der Waals surface area contributed by atoms with Crippen LogP contribution >= 0.6 is 22.6 Å². The van der Waals surface area contributed by atoms with E-state index in [0.29, 0.717) is 0 Å². The number of hydrogen-bond acceptors (Lipinski definition) is 6. The second-order valence-corrected chi connectivity index (χ2v) is 7.18. The molecule has 0 aliphatic rings. The highest BCUT2D eigenvalue weighted by Crippen LogP contribution is 2.11. The lowest BCUT2D eigenvalue weighted by atomic mass is 10.1. The van der Waals surface area contributed by atoms with E-state index in [1.807, 2.05) is 22.6 Å². The molecule has 0 radical (unpaired) electrons. The van der Waals surface area contributed by atoms with Crippen molar-refractivity contribution in [2.24, 2.45) is 0 Å². The van der Waals surface area contributed by atoms with Gasteiger partial charge in [-0.3, -0.25) is 4.79 Å². The third-order valence-corrected chi connectivity index (χ3v) is 2.27. The van der Waals surface area contributed by atoms with Gasteiger partial charge in [0.2, 0.25) is 0 Å². The summed E-state index contributed by atoms with van der Waals surface area (Å²) in [6, 6.07) is -1.15. The average Bonchev–Trinajstić information content (AvgIpc) is 2.22. The molecule has 0 unspecified atom stereocenters. The smallest absolute Gasteiger partial charge is 0.408 e. The Kier molecular flexibility index (Phi) is 8.13. The van der Waals surface area contributed by atoms with Crippen molar-refractivity contribution in [3.8, 4) is 0 Å². The summed E-state index contributed by atoms with van der Waals surface area (Å²) in [6.07, 6.45) is -1.13. The van der Waals surface area contributed by atoms with Crippen LogP contribution in [-0.4, -0.2) is 39.9 Å². The fourth-order valence-electron chi connectivity index (χ4n) is 1.35. The molecule has 1 atom stereocenters. The van der Waals surface area contributed by atoms with E-state index in [9.17, 15) is 14.4 Å². The summed E-state index contributed by atoms with van der Waals surface area (Å²) in [6.45, 7) is 10.2. The molecule has 8 heteroatoms. The number of carbonyl (C=O) groups is 3. The van der Waals surface area contributed by atoms with Crippen molar-refractivity contribution in [3.05, 3.63) is 0 Å². The Morgan fingerprint density at radius 3 is 1.91 bits per heavy atom.